The second kappa shape index (κ2) is 10.0. The molecule has 0 amide bonds. The van der Waals surface area contributed by atoms with Crippen molar-refractivity contribution in [2.45, 2.75) is 72.5 Å². The predicted octanol–water partition coefficient (Wildman–Crippen LogP) is 6.90. The van der Waals surface area contributed by atoms with Gasteiger partial charge in [0.15, 0.2) is 5.78 Å². The average molecular weight is 425 g/mol. The first-order valence-electron chi connectivity index (χ1n) is 10.8. The second-order valence-corrected chi connectivity index (χ2v) is 9.59. The summed E-state index contributed by atoms with van der Waals surface area (Å²) in [6, 6.07) is 11.1. The monoisotopic (exact) mass is 424 g/mol. The van der Waals surface area contributed by atoms with Gasteiger partial charge in [0, 0.05) is 17.2 Å². The Morgan fingerprint density at radius 1 is 0.903 bits per heavy atom. The van der Waals surface area contributed by atoms with Crippen LogP contribution >= 0.6 is 0 Å². The van der Waals surface area contributed by atoms with E-state index < -0.39 is 0 Å². The third-order valence-corrected chi connectivity index (χ3v) is 4.35. The zero-order valence-electron chi connectivity index (χ0n) is 20.2. The molecule has 31 heavy (non-hydrogen) atoms. The minimum Gasteiger partial charge on any atom is -0.497 e. The Hall–Kier alpha value is -2.75. The molecule has 0 saturated heterocycles. The Morgan fingerprint density at radius 2 is 1.52 bits per heavy atom. The molecule has 0 aromatic heterocycles. The minimum absolute atomic E-state index is 0.0643. The molecule has 0 aliphatic carbocycles. The van der Waals surface area contributed by atoms with Crippen LogP contribution in [0.25, 0.3) is 6.08 Å². The van der Waals surface area contributed by atoms with E-state index in [9.17, 15) is 4.79 Å². The lowest BCUT2D eigenvalue weighted by Gasteiger charge is -2.27. The topological polar surface area (TPSA) is 44.8 Å². The van der Waals surface area contributed by atoms with Crippen LogP contribution < -0.4 is 14.2 Å². The van der Waals surface area contributed by atoms with Crippen molar-refractivity contribution in [3.8, 4) is 17.2 Å². The number of carbonyl (C=O) groups is 1. The van der Waals surface area contributed by atoms with Gasteiger partial charge < -0.3 is 14.2 Å². The highest BCUT2D eigenvalue weighted by Crippen LogP contribution is 2.35. The fourth-order valence-corrected chi connectivity index (χ4v) is 3.16. The van der Waals surface area contributed by atoms with Gasteiger partial charge in [0.05, 0.1) is 7.11 Å². The van der Waals surface area contributed by atoms with Crippen LogP contribution in [0.5, 0.6) is 17.2 Å². The standard InChI is InChI=1S/C27H36O4/c1-9-10-23-20(13-16-24(28)19-11-14-21(29-8)15-12-19)17-22(30-26(2,3)4)18-25(23)31-27(5,6)7/h11-18H,9-10H2,1-8H3. The summed E-state index contributed by atoms with van der Waals surface area (Å²) in [4.78, 5) is 12.7. The molecule has 4 nitrogen and oxygen atoms in total. The van der Waals surface area contributed by atoms with Crippen LogP contribution in [0.3, 0.4) is 0 Å². The van der Waals surface area contributed by atoms with E-state index in [4.69, 9.17) is 14.2 Å². The largest absolute Gasteiger partial charge is 0.497 e. The number of benzene rings is 2. The Bertz CT molecular complexity index is 910. The van der Waals surface area contributed by atoms with Crippen molar-refractivity contribution in [3.05, 3.63) is 59.2 Å². The van der Waals surface area contributed by atoms with Crippen LogP contribution in [0, 0.1) is 0 Å². The van der Waals surface area contributed by atoms with Crippen LogP contribution in [0.1, 0.15) is 76.4 Å². The molecule has 0 spiro atoms. The Balaban J connectivity index is 2.48. The van der Waals surface area contributed by atoms with Crippen molar-refractivity contribution in [2.24, 2.45) is 0 Å². The summed E-state index contributed by atoms with van der Waals surface area (Å²) in [7, 11) is 1.61. The number of carbonyl (C=O) groups excluding carboxylic acids is 1. The van der Waals surface area contributed by atoms with E-state index in [-0.39, 0.29) is 17.0 Å². The van der Waals surface area contributed by atoms with Gasteiger partial charge in [0.2, 0.25) is 0 Å². The minimum atomic E-state index is -0.344. The van der Waals surface area contributed by atoms with Gasteiger partial charge in [-0.1, -0.05) is 19.4 Å². The molecule has 2 aromatic carbocycles. The van der Waals surface area contributed by atoms with E-state index in [2.05, 4.69) is 6.92 Å². The number of allylic oxidation sites excluding steroid dienone is 1. The first-order valence-corrected chi connectivity index (χ1v) is 10.8. The lowest BCUT2D eigenvalue weighted by molar-refractivity contribution is 0.104. The van der Waals surface area contributed by atoms with Gasteiger partial charge in [0.25, 0.3) is 0 Å². The van der Waals surface area contributed by atoms with Crippen molar-refractivity contribution >= 4 is 11.9 Å². The van der Waals surface area contributed by atoms with E-state index in [1.54, 1.807) is 37.5 Å². The Kier molecular flexibility index (Phi) is 7.94. The van der Waals surface area contributed by atoms with E-state index in [0.29, 0.717) is 5.56 Å². The van der Waals surface area contributed by atoms with Crippen molar-refractivity contribution in [2.75, 3.05) is 7.11 Å². The summed E-state index contributed by atoms with van der Waals surface area (Å²) in [5.41, 5.74) is 1.94. The number of methoxy groups -OCH3 is 1. The normalized spacial score (nSPS) is 12.1. The fourth-order valence-electron chi connectivity index (χ4n) is 3.16. The number of hydrogen-bond acceptors (Lipinski definition) is 4. The first kappa shape index (κ1) is 24.5. The fraction of sp³-hybridized carbons (Fsp3) is 0.444. The van der Waals surface area contributed by atoms with Crippen LogP contribution in [0.15, 0.2) is 42.5 Å². The van der Waals surface area contributed by atoms with Gasteiger partial charge in [-0.15, -0.1) is 0 Å². The number of ether oxygens (including phenoxy) is 3. The van der Waals surface area contributed by atoms with E-state index in [1.807, 2.05) is 59.8 Å². The molecule has 0 aliphatic heterocycles. The van der Waals surface area contributed by atoms with Gasteiger partial charge in [-0.05, 0) is 89.9 Å². The second-order valence-electron chi connectivity index (χ2n) is 9.59. The molecular weight excluding hydrogens is 388 g/mol. The zero-order valence-corrected chi connectivity index (χ0v) is 20.2. The molecular formula is C27H36O4. The lowest BCUT2D eigenvalue weighted by atomic mass is 9.99. The molecule has 4 heteroatoms. The summed E-state index contributed by atoms with van der Waals surface area (Å²) < 4.78 is 17.6. The highest BCUT2D eigenvalue weighted by atomic mass is 16.5. The van der Waals surface area contributed by atoms with Crippen LogP contribution in [-0.4, -0.2) is 24.1 Å². The maximum Gasteiger partial charge on any atom is 0.185 e. The third kappa shape index (κ3) is 7.78. The van der Waals surface area contributed by atoms with Crippen molar-refractivity contribution < 1.29 is 19.0 Å². The molecule has 0 unspecified atom stereocenters. The van der Waals surface area contributed by atoms with Crippen molar-refractivity contribution in [3.63, 3.8) is 0 Å². The number of hydrogen-bond donors (Lipinski definition) is 0. The van der Waals surface area contributed by atoms with Gasteiger partial charge in [-0.25, -0.2) is 0 Å². The number of rotatable bonds is 8. The molecule has 0 radical (unpaired) electrons. The SMILES string of the molecule is CCCc1c(C=CC(=O)c2ccc(OC)cc2)cc(OC(C)(C)C)cc1OC(C)(C)C. The molecule has 0 aliphatic rings. The Labute approximate surface area is 187 Å². The Morgan fingerprint density at radius 3 is 2.03 bits per heavy atom. The summed E-state index contributed by atoms with van der Waals surface area (Å²) in [5.74, 6) is 2.18. The van der Waals surface area contributed by atoms with Gasteiger partial charge >= 0.3 is 0 Å². The first-order chi connectivity index (χ1) is 14.4. The molecule has 2 rings (SSSR count). The maximum atomic E-state index is 12.7. The van der Waals surface area contributed by atoms with Crippen LogP contribution in [0.4, 0.5) is 0 Å². The van der Waals surface area contributed by atoms with Crippen LogP contribution in [0.2, 0.25) is 0 Å². The molecule has 0 saturated carbocycles. The van der Waals surface area contributed by atoms with Crippen molar-refractivity contribution in [1.29, 1.82) is 0 Å². The van der Waals surface area contributed by atoms with E-state index >= 15 is 0 Å². The summed E-state index contributed by atoms with van der Waals surface area (Å²) >= 11 is 0. The third-order valence-electron chi connectivity index (χ3n) is 4.35. The lowest BCUT2D eigenvalue weighted by Crippen LogP contribution is -2.25. The molecule has 0 fully saturated rings. The molecule has 0 atom stereocenters. The molecule has 0 heterocycles. The maximum absolute atomic E-state index is 12.7. The number of ketones is 1. The molecule has 0 N–H and O–H groups in total. The van der Waals surface area contributed by atoms with Gasteiger partial charge in [-0.3, -0.25) is 4.79 Å². The van der Waals surface area contributed by atoms with E-state index in [0.717, 1.165) is 41.2 Å². The van der Waals surface area contributed by atoms with Crippen LogP contribution in [-0.2, 0) is 6.42 Å². The summed E-state index contributed by atoms with van der Waals surface area (Å²) in [5, 5.41) is 0. The molecule has 0 bridgehead atoms. The smallest absolute Gasteiger partial charge is 0.185 e. The predicted molar refractivity (Wildman–Crippen MR) is 128 cm³/mol. The van der Waals surface area contributed by atoms with Gasteiger partial charge in [-0.2, -0.15) is 0 Å². The quantitative estimate of drug-likeness (QED) is 0.341. The highest BCUT2D eigenvalue weighted by Gasteiger charge is 2.20. The summed E-state index contributed by atoms with van der Waals surface area (Å²) in [6.07, 6.45) is 5.28. The van der Waals surface area contributed by atoms with Crippen molar-refractivity contribution in [1.82, 2.24) is 0 Å². The average Bonchev–Trinajstić information content (AvgIpc) is 2.66. The van der Waals surface area contributed by atoms with Gasteiger partial charge in [0.1, 0.15) is 28.5 Å². The zero-order chi connectivity index (χ0) is 23.2. The molecule has 2 aromatic rings. The van der Waals surface area contributed by atoms with E-state index in [1.165, 1.54) is 0 Å². The highest BCUT2D eigenvalue weighted by molar-refractivity contribution is 6.07. The molecule has 168 valence electrons. The summed E-state index contributed by atoms with van der Waals surface area (Å²) in [6.45, 7) is 14.3.